The summed E-state index contributed by atoms with van der Waals surface area (Å²) in [7, 11) is 0. The predicted octanol–water partition coefficient (Wildman–Crippen LogP) is 3.38. The molecule has 3 rings (SSSR count). The molecule has 2 unspecified atom stereocenters. The summed E-state index contributed by atoms with van der Waals surface area (Å²) in [5, 5.41) is 4.84. The first-order chi connectivity index (χ1) is 9.25. The summed E-state index contributed by atoms with van der Waals surface area (Å²) in [5.41, 5.74) is 3.48. The number of benzene rings is 1. The normalized spacial score (nSPS) is 20.6. The molecular formula is C16H20N2O. The summed E-state index contributed by atoms with van der Waals surface area (Å²) in [6, 6.07) is 8.85. The van der Waals surface area contributed by atoms with E-state index in [9.17, 15) is 0 Å². The second-order valence-corrected chi connectivity index (χ2v) is 5.39. The zero-order valence-corrected chi connectivity index (χ0v) is 11.5. The fraction of sp³-hybridized carbons (Fsp3) is 0.438. The summed E-state index contributed by atoms with van der Waals surface area (Å²) in [5.74, 6) is 0.605. The minimum atomic E-state index is 0.425. The van der Waals surface area contributed by atoms with Crippen molar-refractivity contribution in [2.45, 2.75) is 26.3 Å². The van der Waals surface area contributed by atoms with Crippen molar-refractivity contribution in [2.75, 3.05) is 18.5 Å². The van der Waals surface area contributed by atoms with E-state index in [0.29, 0.717) is 12.0 Å². The number of fused-ring (bicyclic) bond motifs is 1. The zero-order chi connectivity index (χ0) is 13.2. The largest absolute Gasteiger partial charge is 0.382 e. The molecule has 2 aromatic rings. The first-order valence-electron chi connectivity index (χ1n) is 6.94. The molecule has 19 heavy (non-hydrogen) atoms. The molecule has 1 fully saturated rings. The van der Waals surface area contributed by atoms with E-state index in [1.54, 1.807) is 0 Å². The van der Waals surface area contributed by atoms with Gasteiger partial charge in [0.15, 0.2) is 0 Å². The summed E-state index contributed by atoms with van der Waals surface area (Å²) < 4.78 is 5.47. The Morgan fingerprint density at radius 1 is 1.37 bits per heavy atom. The molecule has 0 saturated carbocycles. The number of hydrogen-bond acceptors (Lipinski definition) is 3. The number of rotatable bonds is 3. The molecule has 2 atom stereocenters. The van der Waals surface area contributed by atoms with Crippen molar-refractivity contribution in [1.82, 2.24) is 4.98 Å². The molecule has 0 aliphatic carbocycles. The highest BCUT2D eigenvalue weighted by Gasteiger charge is 2.22. The van der Waals surface area contributed by atoms with Crippen molar-refractivity contribution < 1.29 is 4.74 Å². The fourth-order valence-corrected chi connectivity index (χ4v) is 2.75. The third kappa shape index (κ3) is 2.43. The minimum Gasteiger partial charge on any atom is -0.382 e. The van der Waals surface area contributed by atoms with Crippen LogP contribution in [-0.4, -0.2) is 24.2 Å². The third-order valence-electron chi connectivity index (χ3n) is 4.03. The van der Waals surface area contributed by atoms with Crippen molar-refractivity contribution in [3.63, 3.8) is 0 Å². The smallest absolute Gasteiger partial charge is 0.0751 e. The molecule has 1 N–H and O–H groups in total. The van der Waals surface area contributed by atoms with Gasteiger partial charge in [-0.05, 0) is 44.0 Å². The first kappa shape index (κ1) is 12.4. The van der Waals surface area contributed by atoms with Gasteiger partial charge in [-0.3, -0.25) is 4.98 Å². The van der Waals surface area contributed by atoms with Crippen molar-refractivity contribution in [2.24, 2.45) is 5.92 Å². The summed E-state index contributed by atoms with van der Waals surface area (Å²) in [6.45, 7) is 6.11. The SMILES string of the molecule is Cc1ccc(NC(C)C2CCOC2)c2cccnc12. The third-order valence-corrected chi connectivity index (χ3v) is 4.03. The molecule has 0 amide bonds. The average Bonchev–Trinajstić information content (AvgIpc) is 2.96. The van der Waals surface area contributed by atoms with E-state index in [2.05, 4.69) is 42.3 Å². The van der Waals surface area contributed by atoms with E-state index in [1.807, 2.05) is 12.3 Å². The van der Waals surface area contributed by atoms with E-state index in [4.69, 9.17) is 4.74 Å². The molecule has 1 aliphatic rings. The van der Waals surface area contributed by atoms with Crippen LogP contribution in [0.5, 0.6) is 0 Å². The lowest BCUT2D eigenvalue weighted by Crippen LogP contribution is -2.26. The van der Waals surface area contributed by atoms with Gasteiger partial charge in [-0.2, -0.15) is 0 Å². The van der Waals surface area contributed by atoms with Crippen molar-refractivity contribution in [1.29, 1.82) is 0 Å². The zero-order valence-electron chi connectivity index (χ0n) is 11.5. The molecule has 1 aromatic heterocycles. The average molecular weight is 256 g/mol. The minimum absolute atomic E-state index is 0.425. The van der Waals surface area contributed by atoms with Gasteiger partial charge >= 0.3 is 0 Å². The van der Waals surface area contributed by atoms with Gasteiger partial charge in [0, 0.05) is 35.8 Å². The highest BCUT2D eigenvalue weighted by Crippen LogP contribution is 2.27. The standard InChI is InChI=1S/C16H20N2O/c1-11-5-6-15(14-4-3-8-17-16(11)14)18-12(2)13-7-9-19-10-13/h3-6,8,12-13,18H,7,9-10H2,1-2H3. The summed E-state index contributed by atoms with van der Waals surface area (Å²) in [4.78, 5) is 4.48. The number of aryl methyl sites for hydroxylation is 1. The van der Waals surface area contributed by atoms with E-state index in [1.165, 1.54) is 16.6 Å². The highest BCUT2D eigenvalue weighted by atomic mass is 16.5. The Hall–Kier alpha value is -1.61. The Bertz CT molecular complexity index is 576. The Kier molecular flexibility index (Phi) is 3.38. The quantitative estimate of drug-likeness (QED) is 0.914. The van der Waals surface area contributed by atoms with Gasteiger partial charge in [0.2, 0.25) is 0 Å². The predicted molar refractivity (Wildman–Crippen MR) is 78.5 cm³/mol. The van der Waals surface area contributed by atoms with Gasteiger partial charge < -0.3 is 10.1 Å². The molecular weight excluding hydrogens is 236 g/mol. The molecule has 0 radical (unpaired) electrons. The molecule has 100 valence electrons. The van der Waals surface area contributed by atoms with Crippen LogP contribution in [0.15, 0.2) is 30.5 Å². The molecule has 1 saturated heterocycles. The van der Waals surface area contributed by atoms with Crippen LogP contribution in [0.3, 0.4) is 0 Å². The van der Waals surface area contributed by atoms with Gasteiger partial charge in [0.1, 0.15) is 0 Å². The molecule has 3 heteroatoms. The van der Waals surface area contributed by atoms with Gasteiger partial charge in [-0.15, -0.1) is 0 Å². The second-order valence-electron chi connectivity index (χ2n) is 5.39. The van der Waals surface area contributed by atoms with Crippen LogP contribution in [0, 0.1) is 12.8 Å². The maximum absolute atomic E-state index is 5.47. The van der Waals surface area contributed by atoms with Crippen LogP contribution in [0.1, 0.15) is 18.9 Å². The molecule has 0 spiro atoms. The van der Waals surface area contributed by atoms with Crippen LogP contribution >= 0.6 is 0 Å². The highest BCUT2D eigenvalue weighted by molar-refractivity contribution is 5.93. The van der Waals surface area contributed by atoms with Crippen LogP contribution in [0.25, 0.3) is 10.9 Å². The monoisotopic (exact) mass is 256 g/mol. The number of pyridine rings is 1. The van der Waals surface area contributed by atoms with E-state index in [0.717, 1.165) is 25.2 Å². The number of hydrogen-bond donors (Lipinski definition) is 1. The van der Waals surface area contributed by atoms with Crippen LogP contribution in [0.2, 0.25) is 0 Å². The number of ether oxygens (including phenoxy) is 1. The maximum atomic E-state index is 5.47. The van der Waals surface area contributed by atoms with E-state index < -0.39 is 0 Å². The molecule has 1 aliphatic heterocycles. The van der Waals surface area contributed by atoms with E-state index >= 15 is 0 Å². The first-order valence-corrected chi connectivity index (χ1v) is 6.94. The number of aromatic nitrogens is 1. The Morgan fingerprint density at radius 3 is 3.05 bits per heavy atom. The van der Waals surface area contributed by atoms with Gasteiger partial charge in [-0.1, -0.05) is 6.07 Å². The van der Waals surface area contributed by atoms with Gasteiger partial charge in [-0.25, -0.2) is 0 Å². The molecule has 1 aromatic carbocycles. The topological polar surface area (TPSA) is 34.1 Å². The van der Waals surface area contributed by atoms with E-state index in [-0.39, 0.29) is 0 Å². The number of nitrogens with one attached hydrogen (secondary N) is 1. The molecule has 0 bridgehead atoms. The lowest BCUT2D eigenvalue weighted by molar-refractivity contribution is 0.183. The Labute approximate surface area is 114 Å². The van der Waals surface area contributed by atoms with Crippen molar-refractivity contribution in [3.8, 4) is 0 Å². The summed E-state index contributed by atoms with van der Waals surface area (Å²) in [6.07, 6.45) is 3.00. The van der Waals surface area contributed by atoms with Gasteiger partial charge in [0.05, 0.1) is 12.1 Å². The number of nitrogens with zero attached hydrogens (tertiary/aromatic N) is 1. The Morgan fingerprint density at radius 2 is 2.26 bits per heavy atom. The number of anilines is 1. The Balaban J connectivity index is 1.90. The van der Waals surface area contributed by atoms with Crippen LogP contribution in [-0.2, 0) is 4.74 Å². The second kappa shape index (κ2) is 5.17. The molecule has 3 nitrogen and oxygen atoms in total. The summed E-state index contributed by atoms with van der Waals surface area (Å²) >= 11 is 0. The molecule has 2 heterocycles. The fourth-order valence-electron chi connectivity index (χ4n) is 2.75. The van der Waals surface area contributed by atoms with Gasteiger partial charge in [0.25, 0.3) is 0 Å². The van der Waals surface area contributed by atoms with Crippen LogP contribution in [0.4, 0.5) is 5.69 Å². The lowest BCUT2D eigenvalue weighted by atomic mass is 9.99. The van der Waals surface area contributed by atoms with Crippen molar-refractivity contribution >= 4 is 16.6 Å². The lowest BCUT2D eigenvalue weighted by Gasteiger charge is -2.21. The van der Waals surface area contributed by atoms with Crippen LogP contribution < -0.4 is 5.32 Å². The van der Waals surface area contributed by atoms with Crippen molar-refractivity contribution in [3.05, 3.63) is 36.0 Å². The maximum Gasteiger partial charge on any atom is 0.0751 e.